The van der Waals surface area contributed by atoms with Crippen molar-refractivity contribution in [3.8, 4) is 0 Å². The van der Waals surface area contributed by atoms with Crippen LogP contribution in [0.5, 0.6) is 0 Å². The number of thiazole rings is 1. The summed E-state index contributed by atoms with van der Waals surface area (Å²) in [6.45, 7) is 4.64. The first-order valence-electron chi connectivity index (χ1n) is 4.87. The molecular weight excluding hydrogens is 198 g/mol. The van der Waals surface area contributed by atoms with Crippen LogP contribution in [0, 0.1) is 15.8 Å². The van der Waals surface area contributed by atoms with E-state index in [4.69, 9.17) is 12.2 Å². The van der Waals surface area contributed by atoms with Gasteiger partial charge < -0.3 is 4.98 Å². The van der Waals surface area contributed by atoms with Crippen molar-refractivity contribution in [3.05, 3.63) is 14.5 Å². The van der Waals surface area contributed by atoms with Gasteiger partial charge in [-0.15, -0.1) is 11.3 Å². The van der Waals surface area contributed by atoms with E-state index in [9.17, 15) is 0 Å². The van der Waals surface area contributed by atoms with Gasteiger partial charge in [0.2, 0.25) is 0 Å². The molecule has 1 heterocycles. The lowest BCUT2D eigenvalue weighted by Gasteiger charge is -2.24. The number of rotatable bonds is 1. The molecule has 0 aliphatic heterocycles. The number of aryl methyl sites for hydroxylation is 1. The van der Waals surface area contributed by atoms with Crippen molar-refractivity contribution >= 4 is 23.6 Å². The Morgan fingerprint density at radius 2 is 2.31 bits per heavy atom. The van der Waals surface area contributed by atoms with E-state index in [0.717, 1.165) is 15.8 Å². The van der Waals surface area contributed by atoms with Gasteiger partial charge in [0, 0.05) is 10.6 Å². The van der Waals surface area contributed by atoms with E-state index < -0.39 is 0 Å². The highest BCUT2D eigenvalue weighted by atomic mass is 32.1. The van der Waals surface area contributed by atoms with Gasteiger partial charge in [-0.3, -0.25) is 0 Å². The first-order valence-corrected chi connectivity index (χ1v) is 6.10. The maximum atomic E-state index is 5.15. The summed E-state index contributed by atoms with van der Waals surface area (Å²) >= 11 is 6.92. The second-order valence-corrected chi connectivity index (χ2v) is 5.93. The van der Waals surface area contributed by atoms with Crippen LogP contribution in [0.3, 0.4) is 0 Å². The molecule has 0 saturated heterocycles. The Morgan fingerprint density at radius 1 is 1.54 bits per heavy atom. The van der Waals surface area contributed by atoms with E-state index in [1.165, 1.54) is 29.8 Å². The molecule has 1 aromatic heterocycles. The van der Waals surface area contributed by atoms with Crippen molar-refractivity contribution in [2.75, 3.05) is 0 Å². The molecule has 1 aliphatic carbocycles. The lowest BCUT2D eigenvalue weighted by atomic mass is 9.83. The molecule has 1 N–H and O–H groups in total. The smallest absolute Gasteiger partial charge is 0.158 e. The minimum absolute atomic E-state index is 0.809. The summed E-state index contributed by atoms with van der Waals surface area (Å²) in [4.78, 5) is 4.80. The van der Waals surface area contributed by atoms with Gasteiger partial charge in [-0.1, -0.05) is 13.8 Å². The monoisotopic (exact) mass is 213 g/mol. The zero-order valence-electron chi connectivity index (χ0n) is 8.09. The maximum absolute atomic E-state index is 5.15. The van der Waals surface area contributed by atoms with E-state index >= 15 is 0 Å². The van der Waals surface area contributed by atoms with Crippen molar-refractivity contribution in [2.24, 2.45) is 11.8 Å². The third-order valence-electron chi connectivity index (χ3n) is 2.96. The molecule has 1 aliphatic rings. The number of hydrogen-bond acceptors (Lipinski definition) is 2. The largest absolute Gasteiger partial charge is 0.341 e. The van der Waals surface area contributed by atoms with Crippen molar-refractivity contribution < 1.29 is 0 Å². The highest BCUT2D eigenvalue weighted by Gasteiger charge is 2.22. The Kier molecular flexibility index (Phi) is 2.56. The van der Waals surface area contributed by atoms with Crippen molar-refractivity contribution in [2.45, 2.75) is 33.1 Å². The molecule has 0 saturated carbocycles. The maximum Gasteiger partial charge on any atom is 0.158 e. The minimum atomic E-state index is 0.809. The van der Waals surface area contributed by atoms with Crippen LogP contribution in [0.15, 0.2) is 0 Å². The predicted octanol–water partition coefficient (Wildman–Crippen LogP) is 3.57. The summed E-state index contributed by atoms with van der Waals surface area (Å²) in [5, 5.41) is 0. The quantitative estimate of drug-likeness (QED) is 0.705. The predicted molar refractivity (Wildman–Crippen MR) is 59.9 cm³/mol. The standard InChI is InChI=1S/C10H15NS2/c1-6(2)7-3-4-8-9(5-7)13-10(12)11-8/h6-7H,3-5H2,1-2H3,(H,11,12). The lowest BCUT2D eigenvalue weighted by molar-refractivity contribution is 0.344. The molecule has 1 atom stereocenters. The number of H-pyrrole nitrogens is 1. The molecule has 72 valence electrons. The van der Waals surface area contributed by atoms with Crippen LogP contribution in [-0.4, -0.2) is 4.98 Å². The molecule has 0 radical (unpaired) electrons. The third-order valence-corrected chi connectivity index (χ3v) is 4.26. The fraction of sp³-hybridized carbons (Fsp3) is 0.700. The summed E-state index contributed by atoms with van der Waals surface area (Å²) in [6, 6.07) is 0. The summed E-state index contributed by atoms with van der Waals surface area (Å²) in [5.41, 5.74) is 1.41. The number of aromatic nitrogens is 1. The van der Waals surface area contributed by atoms with Gasteiger partial charge in [0.15, 0.2) is 3.95 Å². The third kappa shape index (κ3) is 1.86. The second kappa shape index (κ2) is 3.54. The Morgan fingerprint density at radius 3 is 3.00 bits per heavy atom. The molecule has 0 bridgehead atoms. The SMILES string of the molecule is CC(C)C1CCc2[nH]c(=S)sc2C1. The lowest BCUT2D eigenvalue weighted by Crippen LogP contribution is -2.17. The molecule has 0 amide bonds. The van der Waals surface area contributed by atoms with Crippen LogP contribution in [-0.2, 0) is 12.8 Å². The molecule has 2 rings (SSSR count). The topological polar surface area (TPSA) is 15.8 Å². The molecule has 13 heavy (non-hydrogen) atoms. The van der Waals surface area contributed by atoms with E-state index in [-0.39, 0.29) is 0 Å². The van der Waals surface area contributed by atoms with Crippen LogP contribution in [0.25, 0.3) is 0 Å². The average Bonchev–Trinajstić information content (AvgIpc) is 2.42. The Balaban J connectivity index is 2.24. The highest BCUT2D eigenvalue weighted by molar-refractivity contribution is 7.73. The Labute approximate surface area is 88.2 Å². The second-order valence-electron chi connectivity index (χ2n) is 4.16. The molecular formula is C10H15NS2. The first-order chi connectivity index (χ1) is 6.16. The molecule has 1 unspecified atom stereocenters. The highest BCUT2D eigenvalue weighted by Crippen LogP contribution is 2.32. The summed E-state index contributed by atoms with van der Waals surface area (Å²) in [7, 11) is 0. The number of hydrogen-bond donors (Lipinski definition) is 1. The van der Waals surface area contributed by atoms with E-state index in [1.807, 2.05) is 0 Å². The molecule has 0 aromatic carbocycles. The zero-order valence-corrected chi connectivity index (χ0v) is 9.73. The Bertz CT molecular complexity index is 348. The normalized spacial score (nSPS) is 21.9. The molecule has 1 nitrogen and oxygen atoms in total. The molecule has 0 spiro atoms. The van der Waals surface area contributed by atoms with Gasteiger partial charge in [-0.2, -0.15) is 0 Å². The van der Waals surface area contributed by atoms with Crippen LogP contribution in [0.2, 0.25) is 0 Å². The summed E-state index contributed by atoms with van der Waals surface area (Å²) < 4.78 is 0.953. The van der Waals surface area contributed by atoms with Crippen LogP contribution in [0.1, 0.15) is 30.8 Å². The van der Waals surface area contributed by atoms with Crippen molar-refractivity contribution in [1.29, 1.82) is 0 Å². The number of fused-ring (bicyclic) bond motifs is 1. The zero-order chi connectivity index (χ0) is 9.42. The van der Waals surface area contributed by atoms with Crippen LogP contribution >= 0.6 is 23.6 Å². The van der Waals surface area contributed by atoms with Gasteiger partial charge in [-0.05, 0) is 43.3 Å². The molecule has 0 fully saturated rings. The number of nitrogens with one attached hydrogen (secondary N) is 1. The van der Waals surface area contributed by atoms with Gasteiger partial charge >= 0.3 is 0 Å². The van der Waals surface area contributed by atoms with Gasteiger partial charge in [0.25, 0.3) is 0 Å². The fourth-order valence-electron chi connectivity index (χ4n) is 2.00. The van der Waals surface area contributed by atoms with Crippen LogP contribution < -0.4 is 0 Å². The van der Waals surface area contributed by atoms with Gasteiger partial charge in [0.1, 0.15) is 0 Å². The first kappa shape index (κ1) is 9.41. The average molecular weight is 213 g/mol. The van der Waals surface area contributed by atoms with E-state index in [1.54, 1.807) is 11.3 Å². The number of aromatic amines is 1. The van der Waals surface area contributed by atoms with Gasteiger partial charge in [0.05, 0.1) is 0 Å². The van der Waals surface area contributed by atoms with E-state index in [0.29, 0.717) is 0 Å². The summed E-state index contributed by atoms with van der Waals surface area (Å²) in [6.07, 6.45) is 3.77. The van der Waals surface area contributed by atoms with E-state index in [2.05, 4.69) is 18.8 Å². The minimum Gasteiger partial charge on any atom is -0.341 e. The van der Waals surface area contributed by atoms with Crippen molar-refractivity contribution in [1.82, 2.24) is 4.98 Å². The Hall–Kier alpha value is -0.150. The van der Waals surface area contributed by atoms with Gasteiger partial charge in [-0.25, -0.2) is 0 Å². The van der Waals surface area contributed by atoms with Crippen molar-refractivity contribution in [3.63, 3.8) is 0 Å². The molecule has 1 aromatic rings. The molecule has 3 heteroatoms. The fourth-order valence-corrected chi connectivity index (χ4v) is 3.39. The summed E-state index contributed by atoms with van der Waals surface area (Å²) in [5.74, 6) is 1.68. The van der Waals surface area contributed by atoms with Crippen LogP contribution in [0.4, 0.5) is 0 Å².